The Kier molecular flexibility index (Phi) is 6.77. The summed E-state index contributed by atoms with van der Waals surface area (Å²) in [4.78, 5) is 10.7. The van der Waals surface area contributed by atoms with Gasteiger partial charge in [-0.3, -0.25) is 0 Å². The van der Waals surface area contributed by atoms with E-state index in [2.05, 4.69) is 6.92 Å². The number of nitriles is 1. The molecule has 0 spiro atoms. The van der Waals surface area contributed by atoms with Crippen LogP contribution in [-0.4, -0.2) is 5.97 Å². The van der Waals surface area contributed by atoms with E-state index in [-0.39, 0.29) is 0 Å². The predicted octanol–water partition coefficient (Wildman–Crippen LogP) is 2.02. The lowest BCUT2D eigenvalue weighted by Gasteiger charge is -2.22. The van der Waals surface area contributed by atoms with E-state index >= 15 is 0 Å². The fraction of sp³-hybridized carbons (Fsp3) is 0.833. The summed E-state index contributed by atoms with van der Waals surface area (Å²) in [6.07, 6.45) is 6.96. The van der Waals surface area contributed by atoms with Gasteiger partial charge in [0, 0.05) is 0 Å². The molecular formula is C12H20NO2-. The molecule has 15 heavy (non-hydrogen) atoms. The van der Waals surface area contributed by atoms with Gasteiger partial charge in [0.25, 0.3) is 0 Å². The minimum Gasteiger partial charge on any atom is -0.548 e. The summed E-state index contributed by atoms with van der Waals surface area (Å²) in [5.41, 5.74) is -1.30. The number of carboxylic acids is 1. The van der Waals surface area contributed by atoms with E-state index in [1.54, 1.807) is 0 Å². The molecule has 0 aliphatic heterocycles. The Hall–Kier alpha value is -1.04. The molecule has 0 aliphatic carbocycles. The topological polar surface area (TPSA) is 63.9 Å². The third-order valence-electron chi connectivity index (χ3n) is 2.73. The zero-order valence-electron chi connectivity index (χ0n) is 9.71. The molecular weight excluding hydrogens is 190 g/mol. The van der Waals surface area contributed by atoms with Crippen LogP contribution in [0.15, 0.2) is 0 Å². The van der Waals surface area contributed by atoms with Gasteiger partial charge >= 0.3 is 0 Å². The van der Waals surface area contributed by atoms with Gasteiger partial charge in [0.2, 0.25) is 0 Å². The van der Waals surface area contributed by atoms with Crippen LogP contribution >= 0.6 is 0 Å². The third-order valence-corrected chi connectivity index (χ3v) is 2.73. The highest BCUT2D eigenvalue weighted by atomic mass is 16.4. The van der Waals surface area contributed by atoms with Crippen LogP contribution in [0.1, 0.15) is 58.8 Å². The highest BCUT2D eigenvalue weighted by Gasteiger charge is 2.24. The molecule has 0 fully saturated rings. The molecule has 86 valence electrons. The van der Waals surface area contributed by atoms with Gasteiger partial charge < -0.3 is 9.90 Å². The first-order valence-electron chi connectivity index (χ1n) is 5.69. The minimum absolute atomic E-state index is 0.401. The number of nitrogens with zero attached hydrogens (tertiary/aromatic N) is 1. The van der Waals surface area contributed by atoms with Gasteiger partial charge in [-0.1, -0.05) is 45.4 Å². The maximum atomic E-state index is 10.7. The summed E-state index contributed by atoms with van der Waals surface area (Å²) in [7, 11) is 0. The number of unbranched alkanes of at least 4 members (excludes halogenated alkanes) is 5. The van der Waals surface area contributed by atoms with Crippen molar-refractivity contribution < 1.29 is 9.90 Å². The SMILES string of the molecule is CCCCCCCCC(C)(C#N)C(=O)[O-]. The molecule has 0 aliphatic rings. The Balaban J connectivity index is 3.66. The molecule has 0 N–H and O–H groups in total. The molecule has 0 bridgehead atoms. The Morgan fingerprint density at radius 3 is 2.27 bits per heavy atom. The van der Waals surface area contributed by atoms with E-state index in [0.29, 0.717) is 6.42 Å². The zero-order valence-corrected chi connectivity index (χ0v) is 9.71. The maximum Gasteiger partial charge on any atom is 0.0938 e. The minimum atomic E-state index is -1.30. The standard InChI is InChI=1S/C12H21NO2/c1-3-4-5-6-7-8-9-12(2,10-13)11(14)15/h3-9H2,1-2H3,(H,14,15)/p-1. The first kappa shape index (κ1) is 14.0. The highest BCUT2D eigenvalue weighted by Crippen LogP contribution is 2.23. The number of hydrogen-bond acceptors (Lipinski definition) is 3. The van der Waals surface area contributed by atoms with Gasteiger partial charge in [0.1, 0.15) is 0 Å². The van der Waals surface area contributed by atoms with E-state index in [0.717, 1.165) is 19.3 Å². The van der Waals surface area contributed by atoms with Crippen molar-refractivity contribution in [3.05, 3.63) is 0 Å². The van der Waals surface area contributed by atoms with Crippen molar-refractivity contribution >= 4 is 5.97 Å². The number of carboxylic acid groups (broad SMARTS) is 1. The van der Waals surface area contributed by atoms with Gasteiger partial charge in [0.15, 0.2) is 0 Å². The quantitative estimate of drug-likeness (QED) is 0.576. The van der Waals surface area contributed by atoms with Crippen LogP contribution in [0.5, 0.6) is 0 Å². The van der Waals surface area contributed by atoms with Crippen LogP contribution in [0.25, 0.3) is 0 Å². The van der Waals surface area contributed by atoms with Crippen molar-refractivity contribution in [1.82, 2.24) is 0 Å². The summed E-state index contributed by atoms with van der Waals surface area (Å²) in [5.74, 6) is -1.25. The van der Waals surface area contributed by atoms with Crippen molar-refractivity contribution in [2.75, 3.05) is 0 Å². The molecule has 1 atom stereocenters. The number of carbonyl (C=O) groups is 1. The van der Waals surface area contributed by atoms with Crippen molar-refractivity contribution in [1.29, 1.82) is 5.26 Å². The summed E-state index contributed by atoms with van der Waals surface area (Å²) in [6, 6.07) is 1.82. The second-order valence-corrected chi connectivity index (χ2v) is 4.25. The van der Waals surface area contributed by atoms with Gasteiger partial charge in [-0.05, 0) is 13.3 Å². The Morgan fingerprint density at radius 1 is 1.27 bits per heavy atom. The van der Waals surface area contributed by atoms with Crippen LogP contribution in [0.4, 0.5) is 0 Å². The van der Waals surface area contributed by atoms with E-state index in [9.17, 15) is 9.90 Å². The number of carbonyl (C=O) groups excluding carboxylic acids is 1. The zero-order chi connectivity index (χ0) is 11.7. The smallest absolute Gasteiger partial charge is 0.0938 e. The van der Waals surface area contributed by atoms with Gasteiger partial charge in [0.05, 0.1) is 17.5 Å². The van der Waals surface area contributed by atoms with Crippen molar-refractivity contribution in [3.8, 4) is 6.07 Å². The Labute approximate surface area is 92.1 Å². The Morgan fingerprint density at radius 2 is 1.80 bits per heavy atom. The summed E-state index contributed by atoms with van der Waals surface area (Å²) < 4.78 is 0. The highest BCUT2D eigenvalue weighted by molar-refractivity contribution is 5.75. The molecule has 3 nitrogen and oxygen atoms in total. The van der Waals surface area contributed by atoms with Crippen molar-refractivity contribution in [3.63, 3.8) is 0 Å². The van der Waals surface area contributed by atoms with Gasteiger partial charge in [-0.15, -0.1) is 0 Å². The van der Waals surface area contributed by atoms with Gasteiger partial charge in [-0.2, -0.15) is 5.26 Å². The van der Waals surface area contributed by atoms with Crippen LogP contribution in [0.3, 0.4) is 0 Å². The van der Waals surface area contributed by atoms with Gasteiger partial charge in [-0.25, -0.2) is 0 Å². The molecule has 0 amide bonds. The summed E-state index contributed by atoms with van der Waals surface area (Å²) >= 11 is 0. The lowest BCUT2D eigenvalue weighted by Crippen LogP contribution is -2.39. The molecule has 0 saturated heterocycles. The van der Waals surface area contributed by atoms with Crippen molar-refractivity contribution in [2.24, 2.45) is 5.41 Å². The molecule has 3 heteroatoms. The molecule has 0 radical (unpaired) electrons. The van der Waals surface area contributed by atoms with E-state index in [4.69, 9.17) is 5.26 Å². The van der Waals surface area contributed by atoms with Crippen LogP contribution in [0.2, 0.25) is 0 Å². The molecule has 0 aromatic heterocycles. The molecule has 0 rings (SSSR count). The Bertz CT molecular complexity index is 232. The first-order chi connectivity index (χ1) is 7.06. The van der Waals surface area contributed by atoms with Crippen LogP contribution in [0, 0.1) is 16.7 Å². The molecule has 0 heterocycles. The van der Waals surface area contributed by atoms with Crippen LogP contribution in [-0.2, 0) is 4.79 Å². The fourth-order valence-electron chi connectivity index (χ4n) is 1.46. The average Bonchev–Trinajstić information content (AvgIpc) is 2.22. The summed E-state index contributed by atoms with van der Waals surface area (Å²) in [6.45, 7) is 3.59. The molecule has 1 unspecified atom stereocenters. The van der Waals surface area contributed by atoms with Crippen LogP contribution < -0.4 is 5.11 Å². The normalized spacial score (nSPS) is 14.2. The molecule has 0 saturated carbocycles. The lowest BCUT2D eigenvalue weighted by molar-refractivity contribution is -0.315. The third kappa shape index (κ3) is 5.41. The largest absolute Gasteiger partial charge is 0.548 e. The van der Waals surface area contributed by atoms with E-state index in [1.165, 1.54) is 26.2 Å². The maximum absolute atomic E-state index is 10.7. The predicted molar refractivity (Wildman–Crippen MR) is 56.7 cm³/mol. The number of hydrogen-bond donors (Lipinski definition) is 0. The summed E-state index contributed by atoms with van der Waals surface area (Å²) in [5, 5.41) is 19.4. The fourth-order valence-corrected chi connectivity index (χ4v) is 1.46. The number of rotatable bonds is 8. The van der Waals surface area contributed by atoms with E-state index < -0.39 is 11.4 Å². The molecule has 0 aromatic carbocycles. The second-order valence-electron chi connectivity index (χ2n) is 4.25. The number of aliphatic carboxylic acids is 1. The lowest BCUT2D eigenvalue weighted by atomic mass is 9.86. The van der Waals surface area contributed by atoms with E-state index in [1.807, 2.05) is 6.07 Å². The van der Waals surface area contributed by atoms with Crippen molar-refractivity contribution in [2.45, 2.75) is 58.8 Å². The second kappa shape index (κ2) is 7.28. The first-order valence-corrected chi connectivity index (χ1v) is 5.69. The average molecular weight is 210 g/mol. The molecule has 0 aromatic rings. The monoisotopic (exact) mass is 210 g/mol.